The van der Waals surface area contributed by atoms with Crippen LogP contribution in [0.4, 0.5) is 8.78 Å². The zero-order valence-electron chi connectivity index (χ0n) is 14.3. The van der Waals surface area contributed by atoms with Crippen LogP contribution in [0.25, 0.3) is 0 Å². The first-order valence-electron chi connectivity index (χ1n) is 7.46. The summed E-state index contributed by atoms with van der Waals surface area (Å²) in [6.07, 6.45) is 0. The Hall–Kier alpha value is -2.85. The minimum Gasteiger partial charge on any atom is -0.495 e. The van der Waals surface area contributed by atoms with Crippen molar-refractivity contribution in [2.45, 2.75) is 4.90 Å². The molecule has 0 unspecified atom stereocenters. The van der Waals surface area contributed by atoms with E-state index < -0.39 is 40.0 Å². The maximum absolute atomic E-state index is 13.2. The number of halogens is 2. The highest BCUT2D eigenvalue weighted by molar-refractivity contribution is 7.89. The number of hydrogen-bond acceptors (Lipinski definition) is 6. The van der Waals surface area contributed by atoms with Crippen LogP contribution in [-0.2, 0) is 14.8 Å². The number of hydrogen-bond donors (Lipinski definition) is 1. The molecule has 0 aliphatic rings. The molecule has 1 N–H and O–H groups in total. The molecule has 0 spiro atoms. The minimum atomic E-state index is -3.91. The number of carbonyl (C=O) groups is 2. The van der Waals surface area contributed by atoms with Crippen LogP contribution in [0, 0.1) is 11.6 Å². The molecule has 2 aromatic carbocycles. The average Bonchev–Trinajstić information content (AvgIpc) is 2.67. The van der Waals surface area contributed by atoms with Crippen molar-refractivity contribution in [1.82, 2.24) is 4.72 Å². The Bertz CT molecular complexity index is 991. The summed E-state index contributed by atoms with van der Waals surface area (Å²) in [5.41, 5.74) is -0.308. The van der Waals surface area contributed by atoms with Crippen LogP contribution in [0.3, 0.4) is 0 Å². The summed E-state index contributed by atoms with van der Waals surface area (Å²) in [5.74, 6) is -4.02. The molecular weight excluding hydrogens is 384 g/mol. The van der Waals surface area contributed by atoms with Crippen LogP contribution in [-0.4, -0.2) is 40.9 Å². The van der Waals surface area contributed by atoms with E-state index in [0.717, 1.165) is 18.2 Å². The molecule has 0 saturated carbocycles. The number of carbonyl (C=O) groups excluding carboxylic acids is 2. The third-order valence-electron chi connectivity index (χ3n) is 3.53. The van der Waals surface area contributed by atoms with Gasteiger partial charge in [0.1, 0.15) is 10.6 Å². The van der Waals surface area contributed by atoms with Gasteiger partial charge in [0.15, 0.2) is 24.0 Å². The van der Waals surface area contributed by atoms with Crippen LogP contribution >= 0.6 is 0 Å². The number of methoxy groups -OCH3 is 1. The van der Waals surface area contributed by atoms with Gasteiger partial charge in [0.05, 0.1) is 12.7 Å². The van der Waals surface area contributed by atoms with Crippen molar-refractivity contribution in [3.8, 4) is 5.75 Å². The van der Waals surface area contributed by atoms with Crippen molar-refractivity contribution in [3.63, 3.8) is 0 Å². The molecule has 0 amide bonds. The van der Waals surface area contributed by atoms with Gasteiger partial charge in [0.25, 0.3) is 0 Å². The summed E-state index contributed by atoms with van der Waals surface area (Å²) in [6, 6.07) is 6.09. The molecule has 2 rings (SSSR count). The van der Waals surface area contributed by atoms with Gasteiger partial charge in [0, 0.05) is 5.56 Å². The van der Waals surface area contributed by atoms with Gasteiger partial charge in [-0.3, -0.25) is 4.79 Å². The molecule has 0 aromatic heterocycles. The van der Waals surface area contributed by atoms with Gasteiger partial charge >= 0.3 is 5.97 Å². The maximum atomic E-state index is 13.2. The lowest BCUT2D eigenvalue weighted by atomic mass is 10.1. The average molecular weight is 399 g/mol. The Labute approximate surface area is 154 Å². The number of benzene rings is 2. The van der Waals surface area contributed by atoms with E-state index in [0.29, 0.717) is 6.07 Å². The molecule has 7 nitrogen and oxygen atoms in total. The van der Waals surface area contributed by atoms with Crippen LogP contribution in [0.1, 0.15) is 20.7 Å². The lowest BCUT2D eigenvalue weighted by molar-refractivity contribution is 0.0474. The Morgan fingerprint density at radius 2 is 1.70 bits per heavy atom. The quantitative estimate of drug-likeness (QED) is 0.564. The fourth-order valence-corrected chi connectivity index (χ4v) is 3.01. The van der Waals surface area contributed by atoms with E-state index >= 15 is 0 Å². The number of ketones is 1. The third-order valence-corrected chi connectivity index (χ3v) is 4.97. The zero-order chi connectivity index (χ0) is 20.2. The van der Waals surface area contributed by atoms with Crippen LogP contribution in [0.2, 0.25) is 0 Å². The lowest BCUT2D eigenvalue weighted by Gasteiger charge is -2.10. The molecule has 0 bridgehead atoms. The second-order valence-electron chi connectivity index (χ2n) is 5.20. The molecule has 0 saturated heterocycles. The van der Waals surface area contributed by atoms with Gasteiger partial charge in [-0.05, 0) is 43.4 Å². The van der Waals surface area contributed by atoms with E-state index in [2.05, 4.69) is 4.72 Å². The number of rotatable bonds is 7. The Morgan fingerprint density at radius 1 is 1.04 bits per heavy atom. The van der Waals surface area contributed by atoms with E-state index in [1.54, 1.807) is 0 Å². The third kappa shape index (κ3) is 4.66. The summed E-state index contributed by atoms with van der Waals surface area (Å²) < 4.78 is 61.9. The van der Waals surface area contributed by atoms with E-state index in [-0.39, 0.29) is 21.8 Å². The Balaban J connectivity index is 2.17. The number of esters is 1. The van der Waals surface area contributed by atoms with Crippen molar-refractivity contribution < 1.29 is 36.3 Å². The topological polar surface area (TPSA) is 98.8 Å². The predicted octanol–water partition coefficient (Wildman–Crippen LogP) is 1.92. The number of ether oxygens (including phenoxy) is 2. The molecular formula is C17H15F2NO6S. The lowest BCUT2D eigenvalue weighted by Crippen LogP contribution is -2.20. The highest BCUT2D eigenvalue weighted by Gasteiger charge is 2.21. The van der Waals surface area contributed by atoms with Gasteiger partial charge in [-0.15, -0.1) is 0 Å². The van der Waals surface area contributed by atoms with Gasteiger partial charge in [-0.25, -0.2) is 26.7 Å². The SMILES string of the molecule is CNS(=O)(=O)c1cc(C(=O)OCC(=O)c2ccc(F)c(F)c2)ccc1OC. The molecule has 144 valence electrons. The number of nitrogens with one attached hydrogen (secondary N) is 1. The number of Topliss-reactive ketones (excluding diaryl/α,β-unsaturated/α-hetero) is 1. The van der Waals surface area contributed by atoms with Crippen LogP contribution in [0.5, 0.6) is 5.75 Å². The van der Waals surface area contributed by atoms with Crippen molar-refractivity contribution in [1.29, 1.82) is 0 Å². The van der Waals surface area contributed by atoms with E-state index in [1.165, 1.54) is 26.3 Å². The maximum Gasteiger partial charge on any atom is 0.338 e. The second kappa shape index (κ2) is 8.23. The normalized spacial score (nSPS) is 11.1. The summed E-state index contributed by atoms with van der Waals surface area (Å²) in [7, 11) is -1.45. The fourth-order valence-electron chi connectivity index (χ4n) is 2.09. The first-order valence-corrected chi connectivity index (χ1v) is 8.95. The summed E-state index contributed by atoms with van der Waals surface area (Å²) in [5, 5.41) is 0. The minimum absolute atomic E-state index is 0.0127. The smallest absolute Gasteiger partial charge is 0.338 e. The highest BCUT2D eigenvalue weighted by Crippen LogP contribution is 2.25. The van der Waals surface area contributed by atoms with Crippen molar-refractivity contribution in [2.75, 3.05) is 20.8 Å². The number of sulfonamides is 1. The molecule has 0 aliphatic carbocycles. The fraction of sp³-hybridized carbons (Fsp3) is 0.176. The van der Waals surface area contributed by atoms with E-state index in [1.807, 2.05) is 0 Å². The first kappa shape index (κ1) is 20.5. The van der Waals surface area contributed by atoms with Crippen LogP contribution < -0.4 is 9.46 Å². The van der Waals surface area contributed by atoms with Crippen molar-refractivity contribution in [3.05, 3.63) is 59.2 Å². The summed E-state index contributed by atoms with van der Waals surface area (Å²) >= 11 is 0. The Morgan fingerprint density at radius 3 is 2.30 bits per heavy atom. The molecule has 0 fully saturated rings. The van der Waals surface area contributed by atoms with Crippen molar-refractivity contribution >= 4 is 21.8 Å². The van der Waals surface area contributed by atoms with Gasteiger partial charge in [-0.1, -0.05) is 0 Å². The largest absolute Gasteiger partial charge is 0.495 e. The monoisotopic (exact) mass is 399 g/mol. The summed E-state index contributed by atoms with van der Waals surface area (Å²) in [4.78, 5) is 23.7. The van der Waals surface area contributed by atoms with Crippen LogP contribution in [0.15, 0.2) is 41.3 Å². The molecule has 27 heavy (non-hydrogen) atoms. The molecule has 0 radical (unpaired) electrons. The first-order chi connectivity index (χ1) is 12.7. The van der Waals surface area contributed by atoms with Gasteiger partial charge in [-0.2, -0.15) is 0 Å². The van der Waals surface area contributed by atoms with Gasteiger partial charge in [0.2, 0.25) is 10.0 Å². The molecule has 0 aliphatic heterocycles. The van der Waals surface area contributed by atoms with E-state index in [9.17, 15) is 26.8 Å². The highest BCUT2D eigenvalue weighted by atomic mass is 32.2. The zero-order valence-corrected chi connectivity index (χ0v) is 15.1. The van der Waals surface area contributed by atoms with Gasteiger partial charge < -0.3 is 9.47 Å². The molecule has 2 aromatic rings. The predicted molar refractivity (Wildman–Crippen MR) is 90.2 cm³/mol. The molecule has 0 atom stereocenters. The van der Waals surface area contributed by atoms with Crippen molar-refractivity contribution in [2.24, 2.45) is 0 Å². The standard InChI is InChI=1S/C17H15F2NO6S/c1-20-27(23,24)16-8-11(4-6-15(16)25-2)17(22)26-9-14(21)10-3-5-12(18)13(19)7-10/h3-8,20H,9H2,1-2H3. The molecule has 0 heterocycles. The van der Waals surface area contributed by atoms with E-state index in [4.69, 9.17) is 9.47 Å². The Kier molecular flexibility index (Phi) is 6.24. The second-order valence-corrected chi connectivity index (χ2v) is 7.06. The molecule has 10 heteroatoms. The summed E-state index contributed by atoms with van der Waals surface area (Å²) in [6.45, 7) is -0.732.